The zero-order valence-corrected chi connectivity index (χ0v) is 14.2. The highest BCUT2D eigenvalue weighted by atomic mass is 16.5. The molecule has 1 N–H and O–H groups in total. The highest BCUT2D eigenvalue weighted by Gasteiger charge is 2.13. The second-order valence-corrected chi connectivity index (χ2v) is 5.01. The van der Waals surface area contributed by atoms with Crippen molar-refractivity contribution in [3.05, 3.63) is 42.0 Å². The number of carbonyl (C=O) groups excluding carboxylic acids is 1. The third-order valence-electron chi connectivity index (χ3n) is 3.42. The van der Waals surface area contributed by atoms with Gasteiger partial charge in [-0.25, -0.2) is 0 Å². The van der Waals surface area contributed by atoms with Crippen molar-refractivity contribution in [3.8, 4) is 23.0 Å². The van der Waals surface area contributed by atoms with Crippen LogP contribution in [0.25, 0.3) is 0 Å². The number of hydrogen-bond acceptors (Lipinski definition) is 5. The van der Waals surface area contributed by atoms with E-state index in [1.807, 2.05) is 19.1 Å². The van der Waals surface area contributed by atoms with E-state index in [0.717, 1.165) is 5.56 Å². The third-order valence-corrected chi connectivity index (χ3v) is 3.42. The highest BCUT2D eigenvalue weighted by molar-refractivity contribution is 5.93. The molecule has 0 aliphatic carbocycles. The number of methoxy groups -OCH3 is 3. The highest BCUT2D eigenvalue weighted by Crippen LogP contribution is 2.32. The molecule has 0 aliphatic rings. The molecule has 0 unspecified atom stereocenters. The smallest absolute Gasteiger partial charge is 0.262 e. The maximum Gasteiger partial charge on any atom is 0.262 e. The number of anilines is 1. The van der Waals surface area contributed by atoms with Gasteiger partial charge in [-0.05, 0) is 30.7 Å². The molecule has 0 fully saturated rings. The van der Waals surface area contributed by atoms with Gasteiger partial charge in [0.05, 0.1) is 27.0 Å². The minimum absolute atomic E-state index is 0.153. The predicted molar refractivity (Wildman–Crippen MR) is 91.4 cm³/mol. The van der Waals surface area contributed by atoms with E-state index in [1.54, 1.807) is 45.6 Å². The number of aryl methyl sites for hydroxylation is 1. The van der Waals surface area contributed by atoms with Crippen molar-refractivity contribution in [1.82, 2.24) is 0 Å². The van der Waals surface area contributed by atoms with Crippen molar-refractivity contribution < 1.29 is 23.7 Å². The van der Waals surface area contributed by atoms with E-state index in [4.69, 9.17) is 18.9 Å². The molecule has 0 saturated heterocycles. The number of hydrogen-bond donors (Lipinski definition) is 1. The average Bonchev–Trinajstić information content (AvgIpc) is 2.61. The lowest BCUT2D eigenvalue weighted by atomic mass is 10.2. The summed E-state index contributed by atoms with van der Waals surface area (Å²) in [5.41, 5.74) is 1.44. The van der Waals surface area contributed by atoms with E-state index >= 15 is 0 Å². The fraction of sp³-hybridized carbons (Fsp3) is 0.278. The molecule has 0 atom stereocenters. The lowest BCUT2D eigenvalue weighted by Crippen LogP contribution is -2.20. The fourth-order valence-electron chi connectivity index (χ4n) is 2.22. The van der Waals surface area contributed by atoms with Crippen LogP contribution >= 0.6 is 0 Å². The third kappa shape index (κ3) is 4.10. The van der Waals surface area contributed by atoms with Gasteiger partial charge in [0.2, 0.25) is 0 Å². The minimum Gasteiger partial charge on any atom is -0.496 e. The maximum absolute atomic E-state index is 12.2. The Labute approximate surface area is 141 Å². The van der Waals surface area contributed by atoms with Crippen molar-refractivity contribution >= 4 is 11.6 Å². The van der Waals surface area contributed by atoms with Gasteiger partial charge in [0, 0.05) is 6.07 Å². The Bertz CT molecular complexity index is 715. The van der Waals surface area contributed by atoms with Crippen LogP contribution in [0.2, 0.25) is 0 Å². The van der Waals surface area contributed by atoms with Gasteiger partial charge < -0.3 is 24.3 Å². The summed E-state index contributed by atoms with van der Waals surface area (Å²) in [4.78, 5) is 12.2. The van der Waals surface area contributed by atoms with Crippen molar-refractivity contribution in [2.45, 2.75) is 6.92 Å². The Hall–Kier alpha value is -2.89. The molecule has 0 spiro atoms. The summed E-state index contributed by atoms with van der Waals surface area (Å²) >= 11 is 0. The Balaban J connectivity index is 2.07. The predicted octanol–water partition coefficient (Wildman–Crippen LogP) is 3.04. The largest absolute Gasteiger partial charge is 0.496 e. The van der Waals surface area contributed by atoms with Crippen LogP contribution in [0.5, 0.6) is 23.0 Å². The fourth-order valence-corrected chi connectivity index (χ4v) is 2.22. The maximum atomic E-state index is 12.2. The van der Waals surface area contributed by atoms with Crippen LogP contribution in [-0.4, -0.2) is 33.8 Å². The van der Waals surface area contributed by atoms with Crippen LogP contribution in [0.1, 0.15) is 5.56 Å². The first kappa shape index (κ1) is 17.5. The second kappa shape index (κ2) is 8.10. The summed E-state index contributed by atoms with van der Waals surface area (Å²) < 4.78 is 21.3. The Morgan fingerprint density at radius 3 is 2.17 bits per heavy atom. The van der Waals surface area contributed by atoms with Gasteiger partial charge in [0.1, 0.15) is 11.5 Å². The van der Waals surface area contributed by atoms with E-state index in [-0.39, 0.29) is 12.5 Å². The Morgan fingerprint density at radius 1 is 0.917 bits per heavy atom. The number of nitrogens with one attached hydrogen (secondary N) is 1. The molecule has 128 valence electrons. The van der Waals surface area contributed by atoms with Crippen LogP contribution in [0.3, 0.4) is 0 Å². The average molecular weight is 331 g/mol. The first-order chi connectivity index (χ1) is 11.6. The van der Waals surface area contributed by atoms with Crippen LogP contribution < -0.4 is 24.3 Å². The molecule has 0 saturated carbocycles. The van der Waals surface area contributed by atoms with Crippen molar-refractivity contribution in [2.75, 3.05) is 33.3 Å². The molecule has 0 aliphatic heterocycles. The molecule has 0 radical (unpaired) electrons. The van der Waals surface area contributed by atoms with Gasteiger partial charge >= 0.3 is 0 Å². The first-order valence-electron chi connectivity index (χ1n) is 7.37. The van der Waals surface area contributed by atoms with Crippen LogP contribution in [0.4, 0.5) is 5.69 Å². The monoisotopic (exact) mass is 331 g/mol. The van der Waals surface area contributed by atoms with E-state index < -0.39 is 0 Å². The van der Waals surface area contributed by atoms with E-state index in [2.05, 4.69) is 5.32 Å². The summed E-state index contributed by atoms with van der Waals surface area (Å²) in [6, 6.07) is 10.7. The van der Waals surface area contributed by atoms with Crippen LogP contribution in [-0.2, 0) is 4.79 Å². The lowest BCUT2D eigenvalue weighted by molar-refractivity contribution is -0.118. The van der Waals surface area contributed by atoms with E-state index in [0.29, 0.717) is 28.7 Å². The normalized spacial score (nSPS) is 10.0. The van der Waals surface area contributed by atoms with Crippen molar-refractivity contribution in [2.24, 2.45) is 0 Å². The molecule has 2 aromatic carbocycles. The summed E-state index contributed by atoms with van der Waals surface area (Å²) in [6.07, 6.45) is 0. The van der Waals surface area contributed by atoms with Gasteiger partial charge in [-0.15, -0.1) is 0 Å². The van der Waals surface area contributed by atoms with Gasteiger partial charge in [-0.1, -0.05) is 12.1 Å². The zero-order valence-electron chi connectivity index (χ0n) is 14.2. The molecule has 6 nitrogen and oxygen atoms in total. The summed E-state index contributed by atoms with van der Waals surface area (Å²) in [5, 5.41) is 2.76. The Morgan fingerprint density at radius 2 is 1.54 bits per heavy atom. The summed E-state index contributed by atoms with van der Waals surface area (Å²) in [6.45, 7) is 1.75. The minimum atomic E-state index is -0.315. The van der Waals surface area contributed by atoms with Crippen LogP contribution in [0.15, 0.2) is 36.4 Å². The van der Waals surface area contributed by atoms with Gasteiger partial charge in [-0.2, -0.15) is 0 Å². The number of ether oxygens (including phenoxy) is 4. The Kier molecular flexibility index (Phi) is 5.89. The molecular weight excluding hydrogens is 310 g/mol. The SMILES string of the molecule is COc1cc(NC(=O)COc2ccccc2OC)c(OC)cc1C. The van der Waals surface area contributed by atoms with Gasteiger partial charge in [0.25, 0.3) is 5.91 Å². The number of rotatable bonds is 7. The molecule has 0 heterocycles. The molecule has 2 aromatic rings. The zero-order chi connectivity index (χ0) is 17.5. The quantitative estimate of drug-likeness (QED) is 0.845. The van der Waals surface area contributed by atoms with E-state index in [9.17, 15) is 4.79 Å². The summed E-state index contributed by atoms with van der Waals surface area (Å²) in [5.74, 6) is 1.98. The van der Waals surface area contributed by atoms with Crippen molar-refractivity contribution in [1.29, 1.82) is 0 Å². The number of amides is 1. The molecule has 0 bridgehead atoms. The molecule has 6 heteroatoms. The standard InChI is InChI=1S/C18H21NO5/c1-12-9-17(23-4)13(10-16(12)22-3)19-18(20)11-24-15-8-6-5-7-14(15)21-2/h5-10H,11H2,1-4H3,(H,19,20). The first-order valence-corrected chi connectivity index (χ1v) is 7.37. The van der Waals surface area contributed by atoms with Gasteiger partial charge in [-0.3, -0.25) is 4.79 Å². The number of carbonyl (C=O) groups is 1. The van der Waals surface area contributed by atoms with Gasteiger partial charge in [0.15, 0.2) is 18.1 Å². The second-order valence-electron chi connectivity index (χ2n) is 5.01. The molecule has 24 heavy (non-hydrogen) atoms. The number of benzene rings is 2. The molecule has 0 aromatic heterocycles. The van der Waals surface area contributed by atoms with Crippen molar-refractivity contribution in [3.63, 3.8) is 0 Å². The molecule has 2 rings (SSSR count). The van der Waals surface area contributed by atoms with E-state index in [1.165, 1.54) is 0 Å². The van der Waals surface area contributed by atoms with Crippen LogP contribution in [0, 0.1) is 6.92 Å². The molecule has 1 amide bonds. The summed E-state index contributed by atoms with van der Waals surface area (Å²) in [7, 11) is 4.67. The lowest BCUT2D eigenvalue weighted by Gasteiger charge is -2.14. The topological polar surface area (TPSA) is 66.0 Å². The molecular formula is C18H21NO5. The number of para-hydroxylation sites is 2.